The fourth-order valence-electron chi connectivity index (χ4n) is 4.10. The average Bonchev–Trinajstić information content (AvgIpc) is 2.57. The number of primary amides is 1. The lowest BCUT2D eigenvalue weighted by Gasteiger charge is -2.28. The summed E-state index contributed by atoms with van der Waals surface area (Å²) in [5, 5.41) is 13.1. The number of aliphatic hydroxyl groups excluding tert-OH is 1. The highest BCUT2D eigenvalue weighted by molar-refractivity contribution is 6.00. The van der Waals surface area contributed by atoms with E-state index in [2.05, 4.69) is 44.3 Å². The molecule has 1 amide bonds. The molecule has 1 fully saturated rings. The summed E-state index contributed by atoms with van der Waals surface area (Å²) in [4.78, 5) is 12.1. The van der Waals surface area contributed by atoms with Crippen LogP contribution in [0.3, 0.4) is 0 Å². The Morgan fingerprint density at radius 3 is 2.23 bits per heavy atom. The minimum Gasteiger partial charge on any atom is -0.393 e. The van der Waals surface area contributed by atoms with Gasteiger partial charge in [0.05, 0.1) is 11.7 Å². The van der Waals surface area contributed by atoms with Gasteiger partial charge < -0.3 is 16.2 Å². The van der Waals surface area contributed by atoms with E-state index in [0.717, 1.165) is 42.5 Å². The third kappa shape index (κ3) is 3.91. The summed E-state index contributed by atoms with van der Waals surface area (Å²) < 4.78 is 0. The number of hydrogen-bond donors (Lipinski definition) is 3. The van der Waals surface area contributed by atoms with Gasteiger partial charge in [-0.15, -0.1) is 0 Å². The Hall–Kier alpha value is -2.33. The van der Waals surface area contributed by atoms with E-state index < -0.39 is 5.91 Å². The number of amides is 1. The van der Waals surface area contributed by atoms with Gasteiger partial charge in [-0.2, -0.15) is 0 Å². The predicted molar refractivity (Wildman–Crippen MR) is 106 cm³/mol. The number of hydrogen-bond acceptors (Lipinski definition) is 3. The van der Waals surface area contributed by atoms with Crippen LogP contribution >= 0.6 is 0 Å². The number of rotatable bonds is 4. The molecule has 0 heterocycles. The van der Waals surface area contributed by atoms with Gasteiger partial charge in [-0.05, 0) is 80.8 Å². The number of aryl methyl sites for hydroxylation is 3. The van der Waals surface area contributed by atoms with Crippen LogP contribution in [0.2, 0.25) is 0 Å². The molecular weight excluding hydrogens is 324 g/mol. The molecular formula is C22H28N2O2. The highest BCUT2D eigenvalue weighted by Gasteiger charge is 2.21. The Labute approximate surface area is 155 Å². The van der Waals surface area contributed by atoms with Crippen molar-refractivity contribution in [1.82, 2.24) is 0 Å². The summed E-state index contributed by atoms with van der Waals surface area (Å²) in [6.45, 7) is 6.28. The first-order valence-corrected chi connectivity index (χ1v) is 9.32. The van der Waals surface area contributed by atoms with Gasteiger partial charge in [0.15, 0.2) is 0 Å². The molecule has 4 heteroatoms. The van der Waals surface area contributed by atoms with Crippen LogP contribution in [-0.4, -0.2) is 23.2 Å². The van der Waals surface area contributed by atoms with Crippen LogP contribution in [0.1, 0.15) is 52.7 Å². The van der Waals surface area contributed by atoms with Crippen molar-refractivity contribution in [2.24, 2.45) is 5.73 Å². The molecule has 2 aromatic carbocycles. The quantitative estimate of drug-likeness (QED) is 0.776. The molecule has 2 aromatic rings. The molecule has 0 aromatic heterocycles. The van der Waals surface area contributed by atoms with Gasteiger partial charge in [-0.1, -0.05) is 23.8 Å². The van der Waals surface area contributed by atoms with Crippen molar-refractivity contribution >= 4 is 11.6 Å². The second-order valence-electron chi connectivity index (χ2n) is 7.55. The van der Waals surface area contributed by atoms with Crippen LogP contribution in [0, 0.1) is 20.8 Å². The first-order valence-electron chi connectivity index (χ1n) is 9.32. The second-order valence-corrected chi connectivity index (χ2v) is 7.55. The molecule has 1 aliphatic carbocycles. The van der Waals surface area contributed by atoms with Crippen molar-refractivity contribution in [2.45, 2.75) is 58.6 Å². The smallest absolute Gasteiger partial charge is 0.250 e. The fourth-order valence-corrected chi connectivity index (χ4v) is 4.10. The number of aliphatic hydroxyl groups is 1. The summed E-state index contributed by atoms with van der Waals surface area (Å²) in [7, 11) is 0. The van der Waals surface area contributed by atoms with Crippen molar-refractivity contribution in [3.63, 3.8) is 0 Å². The molecule has 1 saturated carbocycles. The number of nitrogens with one attached hydrogen (secondary N) is 1. The molecule has 138 valence electrons. The van der Waals surface area contributed by atoms with Crippen molar-refractivity contribution in [2.75, 3.05) is 5.32 Å². The molecule has 4 nitrogen and oxygen atoms in total. The lowest BCUT2D eigenvalue weighted by molar-refractivity contribution is 0.100. The Morgan fingerprint density at radius 2 is 1.65 bits per heavy atom. The molecule has 0 aliphatic heterocycles. The van der Waals surface area contributed by atoms with Gasteiger partial charge in [0.25, 0.3) is 5.91 Å². The highest BCUT2D eigenvalue weighted by Crippen LogP contribution is 2.32. The number of benzene rings is 2. The fraction of sp³-hybridized carbons (Fsp3) is 0.409. The third-order valence-electron chi connectivity index (χ3n) is 5.31. The van der Waals surface area contributed by atoms with Crippen molar-refractivity contribution in [1.29, 1.82) is 0 Å². The predicted octanol–water partition coefficient (Wildman–Crippen LogP) is 4.09. The van der Waals surface area contributed by atoms with Crippen molar-refractivity contribution in [3.05, 3.63) is 52.6 Å². The Kier molecular flexibility index (Phi) is 5.33. The number of carbonyl (C=O) groups excluding carboxylic acids is 1. The zero-order valence-corrected chi connectivity index (χ0v) is 15.8. The SMILES string of the molecule is Cc1cc(C)c(-c2ccc(NC3CCC(O)CC3)c(C(N)=O)c2)c(C)c1. The normalized spacial score (nSPS) is 20.0. The lowest BCUT2D eigenvalue weighted by Crippen LogP contribution is -2.29. The number of anilines is 1. The zero-order chi connectivity index (χ0) is 18.8. The molecule has 0 saturated heterocycles. The van der Waals surface area contributed by atoms with E-state index in [9.17, 15) is 9.90 Å². The molecule has 4 N–H and O–H groups in total. The van der Waals surface area contributed by atoms with E-state index in [-0.39, 0.29) is 12.1 Å². The van der Waals surface area contributed by atoms with Gasteiger partial charge in [0.1, 0.15) is 0 Å². The van der Waals surface area contributed by atoms with Crippen molar-refractivity contribution < 1.29 is 9.90 Å². The summed E-state index contributed by atoms with van der Waals surface area (Å²) in [5.41, 5.74) is 12.8. The van der Waals surface area contributed by atoms with Crippen LogP contribution in [0.15, 0.2) is 30.3 Å². The molecule has 0 unspecified atom stereocenters. The average molecular weight is 352 g/mol. The minimum absolute atomic E-state index is 0.196. The van der Waals surface area contributed by atoms with Gasteiger partial charge in [0.2, 0.25) is 0 Å². The maximum atomic E-state index is 12.1. The van der Waals surface area contributed by atoms with E-state index in [4.69, 9.17) is 5.73 Å². The number of nitrogens with two attached hydrogens (primary N) is 1. The Morgan fingerprint density at radius 1 is 1.04 bits per heavy atom. The van der Waals surface area contributed by atoms with Crippen LogP contribution < -0.4 is 11.1 Å². The van der Waals surface area contributed by atoms with Crippen molar-refractivity contribution in [3.8, 4) is 11.1 Å². The van der Waals surface area contributed by atoms with Crippen LogP contribution in [0.4, 0.5) is 5.69 Å². The maximum absolute atomic E-state index is 12.1. The van der Waals surface area contributed by atoms with E-state index >= 15 is 0 Å². The summed E-state index contributed by atoms with van der Waals surface area (Å²) in [6, 6.07) is 10.5. The Bertz CT molecular complexity index is 798. The highest BCUT2D eigenvalue weighted by atomic mass is 16.3. The minimum atomic E-state index is -0.424. The number of carbonyl (C=O) groups is 1. The van der Waals surface area contributed by atoms with Gasteiger partial charge >= 0.3 is 0 Å². The first-order chi connectivity index (χ1) is 12.3. The van der Waals surface area contributed by atoms with Crippen LogP contribution in [-0.2, 0) is 0 Å². The lowest BCUT2D eigenvalue weighted by atomic mass is 9.91. The van der Waals surface area contributed by atoms with E-state index in [1.807, 2.05) is 12.1 Å². The summed E-state index contributed by atoms with van der Waals surface area (Å²) >= 11 is 0. The molecule has 1 aliphatic rings. The molecule has 3 rings (SSSR count). The van der Waals surface area contributed by atoms with Gasteiger partial charge in [-0.3, -0.25) is 4.79 Å². The largest absolute Gasteiger partial charge is 0.393 e. The molecule has 0 spiro atoms. The zero-order valence-electron chi connectivity index (χ0n) is 15.8. The van der Waals surface area contributed by atoms with E-state index in [0.29, 0.717) is 5.56 Å². The molecule has 0 atom stereocenters. The molecule has 26 heavy (non-hydrogen) atoms. The van der Waals surface area contributed by atoms with Crippen LogP contribution in [0.25, 0.3) is 11.1 Å². The first kappa shape index (κ1) is 18.5. The monoisotopic (exact) mass is 352 g/mol. The third-order valence-corrected chi connectivity index (χ3v) is 5.31. The van der Waals surface area contributed by atoms with Crippen LogP contribution in [0.5, 0.6) is 0 Å². The topological polar surface area (TPSA) is 75.3 Å². The molecule has 0 bridgehead atoms. The van der Waals surface area contributed by atoms with E-state index in [1.165, 1.54) is 16.7 Å². The summed E-state index contributed by atoms with van der Waals surface area (Å²) in [5.74, 6) is -0.424. The van der Waals surface area contributed by atoms with Gasteiger partial charge in [0, 0.05) is 11.7 Å². The maximum Gasteiger partial charge on any atom is 0.250 e. The molecule has 0 radical (unpaired) electrons. The summed E-state index contributed by atoms with van der Waals surface area (Å²) in [6.07, 6.45) is 3.19. The standard InChI is InChI=1S/C22H28N2O2/c1-13-10-14(2)21(15(3)11-13)16-4-9-20(19(12-16)22(23)26)24-17-5-7-18(25)8-6-17/h4,9-12,17-18,24-25H,5-8H2,1-3H3,(H2,23,26). The van der Waals surface area contributed by atoms with E-state index in [1.54, 1.807) is 0 Å². The Balaban J connectivity index is 1.94. The second kappa shape index (κ2) is 7.50. The van der Waals surface area contributed by atoms with Gasteiger partial charge in [-0.25, -0.2) is 0 Å².